The van der Waals surface area contributed by atoms with E-state index in [0.29, 0.717) is 17.8 Å². The van der Waals surface area contributed by atoms with E-state index in [1.54, 1.807) is 0 Å². The molecule has 0 aliphatic carbocycles. The van der Waals surface area contributed by atoms with Gasteiger partial charge in [0.15, 0.2) is 0 Å². The van der Waals surface area contributed by atoms with Crippen molar-refractivity contribution in [3.05, 3.63) is 107 Å². The van der Waals surface area contributed by atoms with Crippen molar-refractivity contribution < 1.29 is 39.9 Å². The van der Waals surface area contributed by atoms with Crippen molar-refractivity contribution in [2.75, 3.05) is 0 Å². The van der Waals surface area contributed by atoms with Gasteiger partial charge >= 0.3 is 12.4 Å². The number of rotatable bonds is 5. The summed E-state index contributed by atoms with van der Waals surface area (Å²) in [6.07, 6.45) is -7.54. The van der Waals surface area contributed by atoms with E-state index in [-0.39, 0.29) is 28.5 Å². The smallest absolute Gasteiger partial charge is 0.346 e. The van der Waals surface area contributed by atoms with Crippen molar-refractivity contribution in [1.29, 1.82) is 0 Å². The quantitative estimate of drug-likeness (QED) is 0.292. The van der Waals surface area contributed by atoms with Crippen molar-refractivity contribution >= 4 is 5.91 Å². The molecule has 0 unspecified atom stereocenters. The van der Waals surface area contributed by atoms with Crippen LogP contribution in [0.4, 0.5) is 35.1 Å². The molecule has 37 heavy (non-hydrogen) atoms. The maximum Gasteiger partial charge on any atom is 0.416 e. The van der Waals surface area contributed by atoms with Crippen LogP contribution in [0.15, 0.2) is 73.2 Å². The fourth-order valence-corrected chi connectivity index (χ4v) is 3.57. The third-order valence-electron chi connectivity index (χ3n) is 5.43. The lowest BCUT2D eigenvalue weighted by Crippen LogP contribution is -2.26. The summed E-state index contributed by atoms with van der Waals surface area (Å²) in [7, 11) is 0. The number of alkyl halides is 6. The number of imidazole rings is 1. The summed E-state index contributed by atoms with van der Waals surface area (Å²) in [4.78, 5) is 16.5. The van der Waals surface area contributed by atoms with Gasteiger partial charge in [0.05, 0.1) is 23.7 Å². The van der Waals surface area contributed by atoms with Crippen molar-refractivity contribution in [3.63, 3.8) is 0 Å². The number of aromatic nitrogens is 2. The molecule has 0 atom stereocenters. The van der Waals surface area contributed by atoms with E-state index in [1.807, 2.05) is 0 Å². The Morgan fingerprint density at radius 3 is 1.92 bits per heavy atom. The second-order valence-electron chi connectivity index (χ2n) is 7.87. The van der Waals surface area contributed by atoms with Crippen molar-refractivity contribution in [3.8, 4) is 16.8 Å². The van der Waals surface area contributed by atoms with Crippen LogP contribution in [0, 0.1) is 11.6 Å². The molecule has 192 valence electrons. The summed E-state index contributed by atoms with van der Waals surface area (Å²) in [6, 6.07) is 9.86. The fourth-order valence-electron chi connectivity index (χ4n) is 3.57. The summed E-state index contributed by atoms with van der Waals surface area (Å²) in [5, 5.41) is 2.38. The van der Waals surface area contributed by atoms with Crippen LogP contribution in [0.25, 0.3) is 16.8 Å². The largest absolute Gasteiger partial charge is 0.416 e. The van der Waals surface area contributed by atoms with Gasteiger partial charge in [0.2, 0.25) is 0 Å². The zero-order valence-corrected chi connectivity index (χ0v) is 18.5. The summed E-state index contributed by atoms with van der Waals surface area (Å²) in [5.41, 5.74) is -3.17. The van der Waals surface area contributed by atoms with Crippen LogP contribution in [0.5, 0.6) is 0 Å². The lowest BCUT2D eigenvalue weighted by Gasteiger charge is -2.15. The fraction of sp³-hybridized carbons (Fsp3) is 0.120. The van der Waals surface area contributed by atoms with Crippen LogP contribution in [0.1, 0.15) is 27.2 Å². The van der Waals surface area contributed by atoms with Gasteiger partial charge in [0.1, 0.15) is 17.3 Å². The van der Waals surface area contributed by atoms with Gasteiger partial charge in [-0.1, -0.05) is 18.2 Å². The predicted molar refractivity (Wildman–Crippen MR) is 117 cm³/mol. The molecule has 1 amide bonds. The third kappa shape index (κ3) is 5.63. The number of carbonyl (C=O) groups is 1. The summed E-state index contributed by atoms with van der Waals surface area (Å²) in [6.45, 7) is -0.446. The van der Waals surface area contributed by atoms with E-state index in [2.05, 4.69) is 10.3 Å². The van der Waals surface area contributed by atoms with Crippen LogP contribution in [-0.4, -0.2) is 15.5 Å². The number of hydrogen-bond acceptors (Lipinski definition) is 2. The molecule has 3 aromatic carbocycles. The van der Waals surface area contributed by atoms with E-state index in [0.717, 1.165) is 12.1 Å². The highest BCUT2D eigenvalue weighted by Crippen LogP contribution is 2.38. The van der Waals surface area contributed by atoms with E-state index in [4.69, 9.17) is 0 Å². The Hall–Kier alpha value is -4.22. The Bertz CT molecular complexity index is 1390. The van der Waals surface area contributed by atoms with Crippen molar-refractivity contribution in [1.82, 2.24) is 14.9 Å². The lowest BCUT2D eigenvalue weighted by molar-refractivity contribution is -0.143. The molecule has 0 aliphatic heterocycles. The van der Waals surface area contributed by atoms with Crippen LogP contribution < -0.4 is 5.32 Å². The van der Waals surface area contributed by atoms with Crippen molar-refractivity contribution in [2.24, 2.45) is 0 Å². The first-order chi connectivity index (χ1) is 17.3. The highest BCUT2D eigenvalue weighted by Gasteiger charge is 2.37. The summed E-state index contributed by atoms with van der Waals surface area (Å²) in [5.74, 6) is -2.41. The minimum atomic E-state index is -4.99. The monoisotopic (exact) mass is 525 g/mol. The molecule has 4 nitrogen and oxygen atoms in total. The molecule has 0 fully saturated rings. The van der Waals surface area contributed by atoms with Crippen LogP contribution in [0.2, 0.25) is 0 Å². The second kappa shape index (κ2) is 9.68. The zero-order chi connectivity index (χ0) is 27.0. The first-order valence-corrected chi connectivity index (χ1v) is 10.5. The highest BCUT2D eigenvalue weighted by atomic mass is 19.4. The van der Waals surface area contributed by atoms with Gasteiger partial charge in [-0.2, -0.15) is 26.3 Å². The number of halogens is 8. The number of hydrogen-bond donors (Lipinski definition) is 1. The molecule has 12 heteroatoms. The SMILES string of the molecule is O=C(NCc1c(F)cccc1F)c1cncn1-c1ccc(-c2cc(C(F)(F)F)cc(C(F)(F)F)c2)cc1. The van der Waals surface area contributed by atoms with E-state index >= 15 is 0 Å². The maximum absolute atomic E-state index is 13.8. The van der Waals surface area contributed by atoms with Gasteiger partial charge in [-0.05, 0) is 53.6 Å². The highest BCUT2D eigenvalue weighted by molar-refractivity contribution is 5.93. The molecular weight excluding hydrogens is 510 g/mol. The Morgan fingerprint density at radius 1 is 0.811 bits per heavy atom. The molecule has 1 aromatic heterocycles. The van der Waals surface area contributed by atoms with Gasteiger partial charge in [-0.15, -0.1) is 0 Å². The average Bonchev–Trinajstić information content (AvgIpc) is 3.32. The summed E-state index contributed by atoms with van der Waals surface area (Å²) < 4.78 is 108. The lowest BCUT2D eigenvalue weighted by atomic mass is 9.99. The molecular formula is C25H15F8N3O. The van der Waals surface area contributed by atoms with Gasteiger partial charge in [0.25, 0.3) is 5.91 Å². The van der Waals surface area contributed by atoms with Crippen LogP contribution in [0.3, 0.4) is 0 Å². The molecule has 0 radical (unpaired) electrons. The van der Waals surface area contributed by atoms with E-state index < -0.39 is 47.6 Å². The first kappa shape index (κ1) is 25.9. The molecule has 0 bridgehead atoms. The molecule has 0 aliphatic rings. The Kier molecular flexibility index (Phi) is 6.76. The predicted octanol–water partition coefficient (Wildman–Crippen LogP) is 6.79. The molecule has 1 heterocycles. The maximum atomic E-state index is 13.8. The topological polar surface area (TPSA) is 46.9 Å². The van der Waals surface area contributed by atoms with Gasteiger partial charge in [-0.25, -0.2) is 13.8 Å². The number of amides is 1. The van der Waals surface area contributed by atoms with Crippen LogP contribution >= 0.6 is 0 Å². The molecule has 4 rings (SSSR count). The Balaban J connectivity index is 1.60. The van der Waals surface area contributed by atoms with Crippen molar-refractivity contribution in [2.45, 2.75) is 18.9 Å². The minimum Gasteiger partial charge on any atom is -0.346 e. The molecule has 0 spiro atoms. The molecule has 0 saturated carbocycles. The first-order valence-electron chi connectivity index (χ1n) is 10.5. The van der Waals surface area contributed by atoms with Gasteiger partial charge in [0, 0.05) is 17.8 Å². The Morgan fingerprint density at radius 2 is 1.38 bits per heavy atom. The van der Waals surface area contributed by atoms with Crippen LogP contribution in [-0.2, 0) is 18.9 Å². The minimum absolute atomic E-state index is 0.0251. The molecule has 4 aromatic rings. The standard InChI is InChI=1S/C25H15F8N3O/c26-20-2-1-3-21(27)19(20)11-35-23(37)22-12-34-13-36(22)18-6-4-14(5-7-18)15-8-16(24(28,29)30)10-17(9-15)25(31,32)33/h1-10,12-13H,11H2,(H,35,37). The second-order valence-corrected chi connectivity index (χ2v) is 7.87. The molecule has 1 N–H and O–H groups in total. The van der Waals surface area contributed by atoms with E-state index in [9.17, 15) is 39.9 Å². The van der Waals surface area contributed by atoms with E-state index in [1.165, 1.54) is 47.4 Å². The Labute approximate surface area is 204 Å². The number of carbonyl (C=O) groups excluding carboxylic acids is 1. The zero-order valence-electron chi connectivity index (χ0n) is 18.5. The number of nitrogens with one attached hydrogen (secondary N) is 1. The number of nitrogens with zero attached hydrogens (tertiary/aromatic N) is 2. The van der Waals surface area contributed by atoms with Gasteiger partial charge < -0.3 is 5.32 Å². The molecule has 0 saturated heterocycles. The van der Waals surface area contributed by atoms with Gasteiger partial charge in [-0.3, -0.25) is 9.36 Å². The average molecular weight is 525 g/mol. The summed E-state index contributed by atoms with van der Waals surface area (Å²) >= 11 is 0. The third-order valence-corrected chi connectivity index (χ3v) is 5.43. The normalized spacial score (nSPS) is 12.0. The number of benzene rings is 3.